The molecule has 0 saturated carbocycles. The van der Waals surface area contributed by atoms with Crippen molar-refractivity contribution in [3.8, 4) is 23.0 Å². The number of rotatable bonds is 4. The lowest BCUT2D eigenvalue weighted by Gasteiger charge is -2.25. The highest BCUT2D eigenvalue weighted by atomic mass is 16.5. The number of methoxy groups -OCH3 is 1. The maximum absolute atomic E-state index is 12.8. The molecule has 0 unspecified atom stereocenters. The number of hydrogen-bond acceptors (Lipinski definition) is 6. The summed E-state index contributed by atoms with van der Waals surface area (Å²) in [6.07, 6.45) is -0.917. The topological polar surface area (TPSA) is 85.2 Å². The van der Waals surface area contributed by atoms with E-state index in [1.54, 1.807) is 24.3 Å². The molecule has 28 heavy (non-hydrogen) atoms. The molecule has 0 saturated heterocycles. The van der Waals surface area contributed by atoms with Crippen molar-refractivity contribution in [2.24, 2.45) is 5.92 Å². The Morgan fingerprint density at radius 2 is 2.04 bits per heavy atom. The molecule has 2 N–H and O–H groups in total. The Morgan fingerprint density at radius 1 is 1.32 bits per heavy atom. The number of hydrogen-bond donors (Lipinski definition) is 2. The SMILES string of the molecule is C=C(C)[C@H](C)[C@H](O)c1ccc2c(c1OC)C(=O)OCc1cc(C)cc(O)c1O2. The fourth-order valence-corrected chi connectivity index (χ4v) is 3.23. The fourth-order valence-electron chi connectivity index (χ4n) is 3.23. The lowest BCUT2D eigenvalue weighted by molar-refractivity contribution is 0.0453. The van der Waals surface area contributed by atoms with Crippen molar-refractivity contribution in [2.75, 3.05) is 7.11 Å². The van der Waals surface area contributed by atoms with Crippen LogP contribution in [0.5, 0.6) is 23.0 Å². The van der Waals surface area contributed by atoms with Crippen molar-refractivity contribution in [2.45, 2.75) is 33.5 Å². The van der Waals surface area contributed by atoms with E-state index in [1.165, 1.54) is 7.11 Å². The first-order valence-corrected chi connectivity index (χ1v) is 8.96. The standard InChI is InChI=1S/C22H24O6/c1-11(2)13(4)19(24)15-6-7-17-18(21(15)26-5)22(25)27-10-14-8-12(3)9-16(23)20(14)28-17/h6-9,13,19,23-24H,1,10H2,2-5H3/t13-,19-/m0/s1. The van der Waals surface area contributed by atoms with Gasteiger partial charge in [0.2, 0.25) is 0 Å². The van der Waals surface area contributed by atoms with E-state index in [-0.39, 0.29) is 41.1 Å². The normalized spacial score (nSPS) is 15.1. The summed E-state index contributed by atoms with van der Waals surface area (Å²) in [6, 6.07) is 6.57. The molecule has 0 aromatic heterocycles. The summed E-state index contributed by atoms with van der Waals surface area (Å²) >= 11 is 0. The predicted octanol–water partition coefficient (Wildman–Crippen LogP) is 4.42. The molecule has 6 heteroatoms. The molecule has 0 bridgehead atoms. The number of esters is 1. The molecule has 148 valence electrons. The number of carbonyl (C=O) groups excluding carboxylic acids is 1. The molecule has 6 nitrogen and oxygen atoms in total. The Labute approximate surface area is 164 Å². The van der Waals surface area contributed by atoms with Crippen molar-refractivity contribution in [3.63, 3.8) is 0 Å². The second-order valence-electron chi connectivity index (χ2n) is 7.09. The zero-order valence-corrected chi connectivity index (χ0v) is 16.4. The Morgan fingerprint density at radius 3 is 2.68 bits per heavy atom. The fraction of sp³-hybridized carbons (Fsp3) is 0.318. The molecule has 1 aliphatic heterocycles. The third-order valence-corrected chi connectivity index (χ3v) is 4.99. The lowest BCUT2D eigenvalue weighted by Crippen LogP contribution is -2.16. The van der Waals surface area contributed by atoms with Crippen molar-refractivity contribution in [1.82, 2.24) is 0 Å². The van der Waals surface area contributed by atoms with Crippen LogP contribution in [0.3, 0.4) is 0 Å². The highest BCUT2D eigenvalue weighted by Gasteiger charge is 2.31. The third kappa shape index (κ3) is 3.43. The number of cyclic esters (lactones) is 1. The van der Waals surface area contributed by atoms with Gasteiger partial charge in [0.25, 0.3) is 0 Å². The summed E-state index contributed by atoms with van der Waals surface area (Å²) < 4.78 is 16.8. The van der Waals surface area contributed by atoms with Crippen molar-refractivity contribution in [1.29, 1.82) is 0 Å². The molecule has 2 aromatic carbocycles. The van der Waals surface area contributed by atoms with Gasteiger partial charge < -0.3 is 24.4 Å². The highest BCUT2D eigenvalue weighted by molar-refractivity contribution is 5.96. The number of aliphatic hydroxyl groups excluding tert-OH is 1. The van der Waals surface area contributed by atoms with Gasteiger partial charge in [-0.3, -0.25) is 0 Å². The van der Waals surface area contributed by atoms with Crippen LogP contribution in [0.2, 0.25) is 0 Å². The van der Waals surface area contributed by atoms with Gasteiger partial charge >= 0.3 is 5.97 Å². The number of phenolic OH excluding ortho intramolecular Hbond substituents is 1. The van der Waals surface area contributed by atoms with Gasteiger partial charge in [-0.2, -0.15) is 0 Å². The molecule has 0 radical (unpaired) electrons. The minimum absolute atomic E-state index is 0.0436. The molecule has 2 aromatic rings. The van der Waals surface area contributed by atoms with E-state index in [2.05, 4.69) is 6.58 Å². The number of phenols is 1. The molecule has 1 heterocycles. The summed E-state index contributed by atoms with van der Waals surface area (Å²) in [5.74, 6) is -0.331. The first-order chi connectivity index (χ1) is 13.2. The van der Waals surface area contributed by atoms with Crippen molar-refractivity contribution >= 4 is 5.97 Å². The second kappa shape index (κ2) is 7.56. The zero-order valence-electron chi connectivity index (χ0n) is 16.4. The minimum atomic E-state index is -0.917. The Hall–Kier alpha value is -2.99. The van der Waals surface area contributed by atoms with Crippen molar-refractivity contribution < 1.29 is 29.2 Å². The monoisotopic (exact) mass is 384 g/mol. The molecule has 3 rings (SSSR count). The number of ether oxygens (including phenoxy) is 3. The average Bonchev–Trinajstić information content (AvgIpc) is 2.65. The van der Waals surface area contributed by atoms with E-state index in [9.17, 15) is 15.0 Å². The van der Waals surface area contributed by atoms with Gasteiger partial charge in [-0.05, 0) is 43.7 Å². The van der Waals surface area contributed by atoms with Gasteiger partial charge in [-0.1, -0.05) is 19.1 Å². The molecule has 0 amide bonds. The smallest absolute Gasteiger partial charge is 0.346 e. The average molecular weight is 384 g/mol. The maximum Gasteiger partial charge on any atom is 0.346 e. The summed E-state index contributed by atoms with van der Waals surface area (Å²) in [5.41, 5.74) is 2.69. The van der Waals surface area contributed by atoms with Crippen LogP contribution in [0.15, 0.2) is 36.4 Å². The molecular weight excluding hydrogens is 360 g/mol. The van der Waals surface area contributed by atoms with E-state index in [0.29, 0.717) is 11.1 Å². The number of aromatic hydroxyl groups is 1. The summed E-state index contributed by atoms with van der Waals surface area (Å²) in [6.45, 7) is 9.32. The third-order valence-electron chi connectivity index (χ3n) is 4.99. The molecular formula is C22H24O6. The Kier molecular flexibility index (Phi) is 5.34. The van der Waals surface area contributed by atoms with Crippen molar-refractivity contribution in [3.05, 3.63) is 58.7 Å². The van der Waals surface area contributed by atoms with Crippen LogP contribution in [0.25, 0.3) is 0 Å². The largest absolute Gasteiger partial charge is 0.504 e. The maximum atomic E-state index is 12.8. The highest BCUT2D eigenvalue weighted by Crippen LogP contribution is 2.44. The van der Waals surface area contributed by atoms with E-state index >= 15 is 0 Å². The Balaban J connectivity index is 2.16. The van der Waals surface area contributed by atoms with E-state index < -0.39 is 12.1 Å². The summed E-state index contributed by atoms with van der Waals surface area (Å²) in [4.78, 5) is 12.8. The summed E-state index contributed by atoms with van der Waals surface area (Å²) in [7, 11) is 1.41. The zero-order chi connectivity index (χ0) is 20.6. The van der Waals surface area contributed by atoms with Crippen LogP contribution in [0.4, 0.5) is 0 Å². The number of aliphatic hydroxyl groups is 1. The second-order valence-corrected chi connectivity index (χ2v) is 7.09. The van der Waals surface area contributed by atoms with E-state index in [4.69, 9.17) is 14.2 Å². The molecule has 0 fully saturated rings. The van der Waals surface area contributed by atoms with Crippen LogP contribution in [0.1, 0.15) is 47.0 Å². The number of carbonyl (C=O) groups is 1. The van der Waals surface area contributed by atoms with Gasteiger partial charge in [-0.25, -0.2) is 4.79 Å². The quantitative estimate of drug-likeness (QED) is 0.600. The van der Waals surface area contributed by atoms with Gasteiger partial charge in [0.15, 0.2) is 11.5 Å². The van der Waals surface area contributed by atoms with Gasteiger partial charge in [0, 0.05) is 17.0 Å². The van der Waals surface area contributed by atoms with Crippen LogP contribution in [-0.4, -0.2) is 23.3 Å². The number of fused-ring (bicyclic) bond motifs is 2. The van der Waals surface area contributed by atoms with Crippen LogP contribution in [-0.2, 0) is 11.3 Å². The van der Waals surface area contributed by atoms with Crippen LogP contribution in [0, 0.1) is 12.8 Å². The first kappa shape index (κ1) is 19.8. The number of aryl methyl sites for hydroxylation is 1. The van der Waals surface area contributed by atoms with Gasteiger partial charge in [0.1, 0.15) is 23.7 Å². The van der Waals surface area contributed by atoms with E-state index in [0.717, 1.165) is 11.1 Å². The molecule has 2 atom stereocenters. The predicted molar refractivity (Wildman–Crippen MR) is 104 cm³/mol. The van der Waals surface area contributed by atoms with Crippen LogP contribution < -0.4 is 9.47 Å². The lowest BCUT2D eigenvalue weighted by atomic mass is 9.90. The van der Waals surface area contributed by atoms with Gasteiger partial charge in [0.05, 0.1) is 13.2 Å². The minimum Gasteiger partial charge on any atom is -0.504 e. The summed E-state index contributed by atoms with van der Waals surface area (Å²) in [5, 5.41) is 21.0. The first-order valence-electron chi connectivity index (χ1n) is 8.96. The molecule has 0 aliphatic carbocycles. The number of benzene rings is 2. The van der Waals surface area contributed by atoms with Crippen LogP contribution >= 0.6 is 0 Å². The molecule has 1 aliphatic rings. The Bertz CT molecular complexity index is 947. The van der Waals surface area contributed by atoms with E-state index in [1.807, 2.05) is 20.8 Å². The molecule has 0 spiro atoms. The van der Waals surface area contributed by atoms with Gasteiger partial charge in [-0.15, -0.1) is 0 Å².